The van der Waals surface area contributed by atoms with Gasteiger partial charge in [-0.1, -0.05) is 156 Å². The highest BCUT2D eigenvalue weighted by Crippen LogP contribution is 2.44. The molecule has 0 radical (unpaired) electrons. The Hall–Kier alpha value is -13.1. The standard InChI is InChI=1S/C47H45N9O7.C43H52F2N8O5Si/c1-62-47(61)54-41(30-12-6-3-7-13-30)46(60)56-23-9-15-37(56)43-49-26-35(51-43)32-20-21-38-33(24-32)52-44(63-38)31-18-16-28(17-19-31)34-25-48-42(50-34)36-14-8-22-55(36)45(59)40(53-39(58)27-57)29-10-4-2-5-11-29;1-23(2)36(47-25(5)55)41(57)52-21-43(44,45)17-33(52)39-46-18-32(49-39)27-10-8-26(9-11-27)28-12-14-30-29(16-28)13-15-31-38(30)51-40(48-31)34-20-59(6,7)22-53(34)42(58)37(24(3)4)50-35(56)19-54/h2-7,10-13,16-21,24-26,36-37,40-41,57H,8-9,14-15,22-23,27H2,1H3,(H,48,50)(H,49,51)(H,53,58)(H,54,61);8-16,18,23-24,33-34,36-37,54H,17,19-22H2,1-7H3,(H,46,49)(H,47,55)(H,48,51)(H,50,56)/t36?,37?,40-,41-;33?,34-,36-,37-/m10/s1. The fourth-order valence-electron chi connectivity index (χ4n) is 17.0. The molecule has 0 aliphatic carbocycles. The smallest absolute Gasteiger partial charge is 0.407 e. The molecule has 32 heteroatoms. The molecule has 4 aliphatic heterocycles. The molecule has 3 unspecified atom stereocenters. The number of ether oxygens (including phenoxy) is 1. The van der Waals surface area contributed by atoms with E-state index in [9.17, 15) is 57.4 Å². The molecule has 0 spiro atoms. The summed E-state index contributed by atoms with van der Waals surface area (Å²) in [5.41, 5.74) is 11.7. The number of carbonyl (C=O) groups is 8. The molecule has 29 nitrogen and oxygen atoms in total. The molecule has 10 N–H and O–H groups in total. The molecular formula is C90H97F2N17O12Si. The third kappa shape index (κ3) is 17.9. The van der Waals surface area contributed by atoms with Crippen molar-refractivity contribution in [2.45, 2.75) is 140 Å². The number of aliphatic hydroxyl groups is 2. The van der Waals surface area contributed by atoms with Gasteiger partial charge >= 0.3 is 6.09 Å². The third-order valence-corrected chi connectivity index (χ3v) is 25.9. The fourth-order valence-corrected chi connectivity index (χ4v) is 19.9. The number of rotatable bonds is 23. The monoisotopic (exact) mass is 1670 g/mol. The second-order valence-corrected chi connectivity index (χ2v) is 38.2. The van der Waals surface area contributed by atoms with Crippen LogP contribution in [0.5, 0.6) is 0 Å². The number of aromatic amines is 4. The molecule has 4 fully saturated rings. The Kier molecular flexibility index (Phi) is 24.3. The summed E-state index contributed by atoms with van der Waals surface area (Å²) >= 11 is 0. The molecule has 632 valence electrons. The molecule has 9 heterocycles. The highest BCUT2D eigenvalue weighted by atomic mass is 28.3. The van der Waals surface area contributed by atoms with Gasteiger partial charge in [-0.15, -0.1) is 0 Å². The summed E-state index contributed by atoms with van der Waals surface area (Å²) in [7, 11) is -0.549. The van der Waals surface area contributed by atoms with Crippen LogP contribution in [0.2, 0.25) is 19.1 Å². The van der Waals surface area contributed by atoms with Crippen LogP contribution in [0.25, 0.3) is 89.3 Å². The number of aliphatic hydroxyl groups excluding tert-OH is 2. The first-order valence-corrected chi connectivity index (χ1v) is 44.3. The van der Waals surface area contributed by atoms with Crippen molar-refractivity contribution in [2.24, 2.45) is 11.8 Å². The van der Waals surface area contributed by atoms with Crippen molar-refractivity contribution in [1.29, 1.82) is 0 Å². The number of oxazole rings is 1. The Morgan fingerprint density at radius 1 is 0.541 bits per heavy atom. The number of likely N-dealkylation sites (tertiary alicyclic amines) is 3. The first kappa shape index (κ1) is 84.0. The second-order valence-electron chi connectivity index (χ2n) is 33.1. The molecule has 16 rings (SSSR count). The molecule has 0 saturated carbocycles. The summed E-state index contributed by atoms with van der Waals surface area (Å²) < 4.78 is 40.6. The zero-order valence-corrected chi connectivity index (χ0v) is 69.8. The topological polar surface area (TPSA) is 388 Å². The van der Waals surface area contributed by atoms with Crippen LogP contribution in [-0.4, -0.2) is 194 Å². The number of methoxy groups -OCH3 is 1. The van der Waals surface area contributed by atoms with Crippen molar-refractivity contribution in [3.05, 3.63) is 211 Å². The predicted octanol–water partition coefficient (Wildman–Crippen LogP) is 12.7. The Bertz CT molecular complexity index is 5870. The van der Waals surface area contributed by atoms with Gasteiger partial charge in [0.25, 0.3) is 11.8 Å². The van der Waals surface area contributed by atoms with E-state index in [0.29, 0.717) is 77.0 Å². The minimum atomic E-state index is -3.10. The summed E-state index contributed by atoms with van der Waals surface area (Å²) in [6, 6.07) is 45.1. The van der Waals surface area contributed by atoms with Crippen molar-refractivity contribution in [2.75, 3.05) is 46.1 Å². The lowest BCUT2D eigenvalue weighted by atomic mass is 9.99. The molecular weight excluding hydrogens is 1580 g/mol. The zero-order chi connectivity index (χ0) is 86.0. The maximum absolute atomic E-state index is 14.8. The van der Waals surface area contributed by atoms with E-state index in [2.05, 4.69) is 70.3 Å². The summed E-state index contributed by atoms with van der Waals surface area (Å²) in [5, 5.41) is 31.4. The zero-order valence-electron chi connectivity index (χ0n) is 68.8. The average molecular weight is 1670 g/mol. The van der Waals surface area contributed by atoms with E-state index >= 15 is 0 Å². The van der Waals surface area contributed by atoms with Crippen LogP contribution in [0.4, 0.5) is 13.6 Å². The van der Waals surface area contributed by atoms with Crippen LogP contribution in [-0.2, 0) is 38.3 Å². The van der Waals surface area contributed by atoms with Gasteiger partial charge in [-0.25, -0.2) is 38.5 Å². The van der Waals surface area contributed by atoms with Gasteiger partial charge in [0.1, 0.15) is 66.2 Å². The Balaban J connectivity index is 0.000000190. The summed E-state index contributed by atoms with van der Waals surface area (Å²) in [5.74, 6) is -3.69. The number of aromatic nitrogens is 9. The Morgan fingerprint density at radius 3 is 1.61 bits per heavy atom. The summed E-state index contributed by atoms with van der Waals surface area (Å²) in [4.78, 5) is 147. The predicted molar refractivity (Wildman–Crippen MR) is 455 cm³/mol. The number of amides is 8. The van der Waals surface area contributed by atoms with E-state index in [0.717, 1.165) is 96.8 Å². The molecule has 4 aliphatic rings. The summed E-state index contributed by atoms with van der Waals surface area (Å²) in [6.45, 7) is 12.0. The van der Waals surface area contributed by atoms with Crippen LogP contribution in [0.3, 0.4) is 0 Å². The van der Waals surface area contributed by atoms with Gasteiger partial charge in [0.15, 0.2) is 5.58 Å². The molecule has 8 atom stereocenters. The minimum absolute atomic E-state index is 0.168. The molecule has 7 aromatic carbocycles. The molecule has 8 amide bonds. The highest BCUT2D eigenvalue weighted by Gasteiger charge is 2.51. The van der Waals surface area contributed by atoms with Gasteiger partial charge in [0.05, 0.1) is 92.6 Å². The molecule has 5 aromatic heterocycles. The quantitative estimate of drug-likeness (QED) is 0.0266. The van der Waals surface area contributed by atoms with E-state index in [4.69, 9.17) is 24.1 Å². The normalized spacial score (nSPS) is 18.4. The third-order valence-electron chi connectivity index (χ3n) is 23.2. The molecule has 12 aromatic rings. The number of imidazole rings is 4. The van der Waals surface area contributed by atoms with Crippen LogP contribution in [0, 0.1) is 11.8 Å². The van der Waals surface area contributed by atoms with Gasteiger partial charge in [0.2, 0.25) is 41.3 Å². The maximum Gasteiger partial charge on any atom is 0.407 e. The van der Waals surface area contributed by atoms with Gasteiger partial charge in [0, 0.05) is 49.1 Å². The van der Waals surface area contributed by atoms with Gasteiger partial charge in [-0.05, 0) is 125 Å². The van der Waals surface area contributed by atoms with Crippen molar-refractivity contribution < 1.29 is 66.5 Å². The van der Waals surface area contributed by atoms with Crippen LogP contribution in [0.1, 0.15) is 137 Å². The van der Waals surface area contributed by atoms with Gasteiger partial charge < -0.3 is 80.2 Å². The maximum atomic E-state index is 14.8. The number of hydrogen-bond donors (Lipinski definition) is 10. The lowest BCUT2D eigenvalue weighted by Crippen LogP contribution is -2.52. The number of alkyl carbamates (subject to hydrolysis) is 1. The fraction of sp³-hybridized carbons (Fsp3) is 0.344. The number of fused-ring (bicyclic) bond motifs is 4. The number of H-pyrrole nitrogens is 4. The van der Waals surface area contributed by atoms with Crippen LogP contribution >= 0.6 is 0 Å². The number of benzene rings is 7. The molecule has 4 saturated heterocycles. The molecule has 122 heavy (non-hydrogen) atoms. The van der Waals surface area contributed by atoms with Crippen molar-refractivity contribution in [3.63, 3.8) is 0 Å². The first-order valence-electron chi connectivity index (χ1n) is 40.9. The van der Waals surface area contributed by atoms with E-state index in [1.807, 2.05) is 134 Å². The number of hydrogen-bond acceptors (Lipinski definition) is 17. The second kappa shape index (κ2) is 35.3. The SMILES string of the molecule is CC(=O)N[C@H](C(=O)N1CC(F)(F)CC1c1ncc(-c2ccc(-c3ccc4c(ccc5[nH]c([C@@H]6C[Si](C)(C)CN6C(=O)[C@@H](NC(=O)CO)C(C)C)nc54)c3)cc2)[nH]1)C(C)C.COC(=O)N[C@@H](C(=O)N1CCCC1c1ncc(-c2ccc3oc(-c4ccc(-c5cnc(C6CCCN6C(=O)[C@H](NC(=O)CO)c6ccccc6)[nH]5)cc4)nc3c2)[nH]1)c1ccccc1. The Morgan fingerprint density at radius 2 is 1.05 bits per heavy atom. The van der Waals surface area contributed by atoms with Gasteiger partial charge in [-0.3, -0.25) is 33.6 Å². The number of halogens is 2. The van der Waals surface area contributed by atoms with E-state index in [-0.39, 0.29) is 53.5 Å². The number of carbonyl (C=O) groups excluding carboxylic acids is 8. The lowest BCUT2D eigenvalue weighted by Gasteiger charge is -2.30. The number of alkyl halides is 2. The van der Waals surface area contributed by atoms with Crippen molar-refractivity contribution in [3.8, 4) is 56.4 Å². The number of nitrogens with zero attached hydrogens (tertiary/aromatic N) is 9. The van der Waals surface area contributed by atoms with Gasteiger partial charge in [-0.2, -0.15) is 0 Å². The average Bonchev–Trinajstić information content (AvgIpc) is 1.57. The Labute approximate surface area is 702 Å². The van der Waals surface area contributed by atoms with Crippen molar-refractivity contribution in [1.82, 2.24) is 85.7 Å². The highest BCUT2D eigenvalue weighted by molar-refractivity contribution is 6.78. The van der Waals surface area contributed by atoms with E-state index in [1.165, 1.54) is 14.0 Å². The largest absolute Gasteiger partial charge is 0.453 e. The summed E-state index contributed by atoms with van der Waals surface area (Å²) in [6.07, 6.45) is 7.45. The van der Waals surface area contributed by atoms with E-state index < -0.39 is 100 Å². The molecule has 0 bridgehead atoms. The lowest BCUT2D eigenvalue weighted by molar-refractivity contribution is -0.139. The first-order chi connectivity index (χ1) is 58.6. The number of nitrogens with one attached hydrogen (secondary N) is 8. The minimum Gasteiger partial charge on any atom is -0.453 e. The van der Waals surface area contributed by atoms with Crippen molar-refractivity contribution >= 4 is 88.4 Å². The van der Waals surface area contributed by atoms with Crippen LogP contribution in [0.15, 0.2) is 181 Å². The van der Waals surface area contributed by atoms with Crippen LogP contribution < -0.4 is 21.3 Å². The van der Waals surface area contributed by atoms with E-state index in [1.54, 1.807) is 78.6 Å².